The molecule has 0 aliphatic rings. The number of para-hydroxylation sites is 1. The van der Waals surface area contributed by atoms with Gasteiger partial charge in [0, 0.05) is 5.56 Å². The summed E-state index contributed by atoms with van der Waals surface area (Å²) >= 11 is 0. The summed E-state index contributed by atoms with van der Waals surface area (Å²) in [6.07, 6.45) is 1.53. The fourth-order valence-electron chi connectivity index (χ4n) is 2.80. The number of amides is 1. The Hall–Kier alpha value is -4.46. The maximum Gasteiger partial charge on any atom is 0.446 e. The molecule has 1 aromatic heterocycles. The number of ether oxygens (including phenoxy) is 1. The molecule has 0 N–H and O–H groups in total. The quantitative estimate of drug-likeness (QED) is 0.363. The lowest BCUT2D eigenvalue weighted by molar-refractivity contribution is 0.243. The molecule has 154 valence electrons. The molecule has 0 radical (unpaired) electrons. The first-order chi connectivity index (χ1) is 15.2. The first-order valence-electron chi connectivity index (χ1n) is 9.39. The first-order valence-corrected chi connectivity index (χ1v) is 9.39. The van der Waals surface area contributed by atoms with E-state index in [-0.39, 0.29) is 5.89 Å². The number of hydrazone groups is 1. The van der Waals surface area contributed by atoms with Gasteiger partial charge in [-0.2, -0.15) is 10.1 Å². The Morgan fingerprint density at radius 2 is 1.65 bits per heavy atom. The average molecular weight is 414 g/mol. The number of benzene rings is 3. The SMILES string of the molecule is COc1ccc(-c2nn(C(=O)N(/N=C/c3ccccc3)c3ccccc3)c(=O)o2)cc1. The number of anilines is 1. The lowest BCUT2D eigenvalue weighted by Crippen LogP contribution is -2.36. The van der Waals surface area contributed by atoms with E-state index < -0.39 is 11.8 Å². The summed E-state index contributed by atoms with van der Waals surface area (Å²) in [5.41, 5.74) is 1.80. The van der Waals surface area contributed by atoms with Gasteiger partial charge >= 0.3 is 11.8 Å². The predicted molar refractivity (Wildman–Crippen MR) is 117 cm³/mol. The minimum atomic E-state index is -0.910. The van der Waals surface area contributed by atoms with Crippen molar-refractivity contribution in [1.29, 1.82) is 0 Å². The molecule has 0 aliphatic heterocycles. The average Bonchev–Trinajstić information content (AvgIpc) is 3.22. The van der Waals surface area contributed by atoms with E-state index in [2.05, 4.69) is 10.2 Å². The third-order valence-corrected chi connectivity index (χ3v) is 4.37. The highest BCUT2D eigenvalue weighted by Gasteiger charge is 2.23. The third kappa shape index (κ3) is 4.43. The number of carbonyl (C=O) groups is 1. The lowest BCUT2D eigenvalue weighted by Gasteiger charge is -2.15. The van der Waals surface area contributed by atoms with Gasteiger partial charge in [0.25, 0.3) is 0 Å². The van der Waals surface area contributed by atoms with Gasteiger partial charge in [0.05, 0.1) is 19.0 Å². The molecule has 0 bridgehead atoms. The zero-order chi connectivity index (χ0) is 21.6. The standard InChI is InChI=1S/C23H18N4O4/c1-30-20-14-12-18(13-15-20)21-25-27(23(29)31-21)22(28)26(19-10-6-3-7-11-19)24-16-17-8-4-2-5-9-17/h2-16H,1H3/b24-16+. The molecule has 4 rings (SSSR count). The molecule has 0 fully saturated rings. The molecule has 0 saturated carbocycles. The van der Waals surface area contributed by atoms with Crippen molar-refractivity contribution in [2.45, 2.75) is 0 Å². The largest absolute Gasteiger partial charge is 0.497 e. The van der Waals surface area contributed by atoms with Crippen molar-refractivity contribution in [2.24, 2.45) is 5.10 Å². The second-order valence-electron chi connectivity index (χ2n) is 6.40. The van der Waals surface area contributed by atoms with Crippen LogP contribution in [0.5, 0.6) is 5.75 Å². The van der Waals surface area contributed by atoms with Gasteiger partial charge in [-0.05, 0) is 42.0 Å². The van der Waals surface area contributed by atoms with E-state index in [0.29, 0.717) is 21.7 Å². The summed E-state index contributed by atoms with van der Waals surface area (Å²) in [5, 5.41) is 9.45. The van der Waals surface area contributed by atoms with Crippen LogP contribution >= 0.6 is 0 Å². The van der Waals surface area contributed by atoms with Crippen LogP contribution in [-0.4, -0.2) is 29.1 Å². The van der Waals surface area contributed by atoms with Crippen molar-refractivity contribution in [3.63, 3.8) is 0 Å². The van der Waals surface area contributed by atoms with Crippen LogP contribution in [0.3, 0.4) is 0 Å². The molecule has 0 atom stereocenters. The van der Waals surface area contributed by atoms with Crippen molar-refractivity contribution in [1.82, 2.24) is 9.78 Å². The van der Waals surface area contributed by atoms with Gasteiger partial charge in [-0.1, -0.05) is 48.5 Å². The van der Waals surface area contributed by atoms with Crippen LogP contribution in [0.25, 0.3) is 11.5 Å². The van der Waals surface area contributed by atoms with Crippen LogP contribution in [-0.2, 0) is 0 Å². The van der Waals surface area contributed by atoms with Gasteiger partial charge in [-0.15, -0.1) is 9.78 Å². The van der Waals surface area contributed by atoms with Crippen LogP contribution < -0.4 is 15.5 Å². The van der Waals surface area contributed by atoms with Crippen molar-refractivity contribution >= 4 is 17.9 Å². The Morgan fingerprint density at radius 1 is 1.00 bits per heavy atom. The highest BCUT2D eigenvalue weighted by molar-refractivity contribution is 5.94. The van der Waals surface area contributed by atoms with Crippen LogP contribution in [0.15, 0.2) is 99.2 Å². The molecule has 0 spiro atoms. The van der Waals surface area contributed by atoms with E-state index in [1.807, 2.05) is 36.4 Å². The van der Waals surface area contributed by atoms with Gasteiger partial charge < -0.3 is 9.15 Å². The minimum Gasteiger partial charge on any atom is -0.497 e. The number of hydrogen-bond donors (Lipinski definition) is 0. The van der Waals surface area contributed by atoms with Gasteiger partial charge in [-0.25, -0.2) is 9.59 Å². The Bertz CT molecular complexity index is 1250. The van der Waals surface area contributed by atoms with Gasteiger partial charge in [0.2, 0.25) is 5.89 Å². The first kappa shape index (κ1) is 19.8. The fourth-order valence-corrected chi connectivity index (χ4v) is 2.80. The monoisotopic (exact) mass is 414 g/mol. The molecule has 8 nitrogen and oxygen atoms in total. The van der Waals surface area contributed by atoms with Crippen molar-refractivity contribution in [2.75, 3.05) is 12.1 Å². The number of aromatic nitrogens is 2. The maximum absolute atomic E-state index is 13.2. The Balaban J connectivity index is 1.69. The summed E-state index contributed by atoms with van der Waals surface area (Å²) in [7, 11) is 1.55. The number of carbonyl (C=O) groups excluding carboxylic acids is 1. The van der Waals surface area contributed by atoms with Gasteiger partial charge in [0.15, 0.2) is 0 Å². The maximum atomic E-state index is 13.2. The Morgan fingerprint density at radius 3 is 2.29 bits per heavy atom. The fraction of sp³-hybridized carbons (Fsp3) is 0.0435. The molecule has 4 aromatic rings. The van der Waals surface area contributed by atoms with Crippen molar-refractivity contribution in [3.8, 4) is 17.2 Å². The zero-order valence-electron chi connectivity index (χ0n) is 16.6. The van der Waals surface area contributed by atoms with E-state index >= 15 is 0 Å². The number of nitrogens with zero attached hydrogens (tertiary/aromatic N) is 4. The molecule has 1 amide bonds. The highest BCUT2D eigenvalue weighted by atomic mass is 16.5. The lowest BCUT2D eigenvalue weighted by atomic mass is 10.2. The minimum absolute atomic E-state index is 0.0149. The second kappa shape index (κ2) is 8.91. The van der Waals surface area contributed by atoms with Gasteiger partial charge in [-0.3, -0.25) is 0 Å². The molecule has 3 aromatic carbocycles. The molecule has 0 aliphatic carbocycles. The summed E-state index contributed by atoms with van der Waals surface area (Å²) in [4.78, 5) is 25.6. The predicted octanol–water partition coefficient (Wildman–Crippen LogP) is 4.02. The molecule has 8 heteroatoms. The van der Waals surface area contributed by atoms with Crippen LogP contribution in [0, 0.1) is 0 Å². The van der Waals surface area contributed by atoms with E-state index in [1.165, 1.54) is 6.21 Å². The molecule has 0 saturated heterocycles. The van der Waals surface area contributed by atoms with Crippen LogP contribution in [0.1, 0.15) is 5.56 Å². The van der Waals surface area contributed by atoms with Crippen LogP contribution in [0.2, 0.25) is 0 Å². The van der Waals surface area contributed by atoms with E-state index in [0.717, 1.165) is 10.6 Å². The second-order valence-corrected chi connectivity index (χ2v) is 6.40. The number of hydrogen-bond acceptors (Lipinski definition) is 6. The van der Waals surface area contributed by atoms with E-state index in [9.17, 15) is 9.59 Å². The molecule has 31 heavy (non-hydrogen) atoms. The molecular weight excluding hydrogens is 396 g/mol. The van der Waals surface area contributed by atoms with Crippen molar-refractivity contribution in [3.05, 3.63) is 101 Å². The summed E-state index contributed by atoms with van der Waals surface area (Å²) in [5.74, 6) is -0.250. The summed E-state index contributed by atoms with van der Waals surface area (Å²) in [6.45, 7) is 0. The smallest absolute Gasteiger partial charge is 0.446 e. The summed E-state index contributed by atoms with van der Waals surface area (Å²) in [6, 6.07) is 24.1. The highest BCUT2D eigenvalue weighted by Crippen LogP contribution is 2.20. The topological polar surface area (TPSA) is 89.9 Å². The van der Waals surface area contributed by atoms with E-state index in [1.54, 1.807) is 55.6 Å². The Kier molecular flexibility index (Phi) is 5.70. The van der Waals surface area contributed by atoms with Crippen LogP contribution in [0.4, 0.5) is 10.5 Å². The molecule has 1 heterocycles. The van der Waals surface area contributed by atoms with E-state index in [4.69, 9.17) is 9.15 Å². The number of methoxy groups -OCH3 is 1. The normalized spacial score (nSPS) is 10.9. The molecule has 0 unspecified atom stereocenters. The number of rotatable bonds is 5. The molecular formula is C23H18N4O4. The Labute approximate surface area is 177 Å². The zero-order valence-corrected chi connectivity index (χ0v) is 16.6. The summed E-state index contributed by atoms with van der Waals surface area (Å²) < 4.78 is 11.0. The van der Waals surface area contributed by atoms with Crippen molar-refractivity contribution < 1.29 is 13.9 Å². The van der Waals surface area contributed by atoms with Gasteiger partial charge in [0.1, 0.15) is 5.75 Å². The third-order valence-electron chi connectivity index (χ3n) is 4.37.